The molecular formula is C12H20N2O3S. The van der Waals surface area contributed by atoms with Gasteiger partial charge in [-0.3, -0.25) is 4.79 Å². The summed E-state index contributed by atoms with van der Waals surface area (Å²) in [5.41, 5.74) is 0. The van der Waals surface area contributed by atoms with Crippen LogP contribution in [0.1, 0.15) is 19.8 Å². The van der Waals surface area contributed by atoms with Crippen molar-refractivity contribution >= 4 is 23.6 Å². The Labute approximate surface area is 111 Å². The number of carboxylic acids is 1. The quantitative estimate of drug-likeness (QED) is 0.761. The molecule has 2 aliphatic rings. The Hall–Kier alpha value is -0.750. The minimum atomic E-state index is -0.877. The molecule has 0 aromatic rings. The van der Waals surface area contributed by atoms with E-state index in [1.807, 2.05) is 6.92 Å². The zero-order chi connectivity index (χ0) is 13.1. The summed E-state index contributed by atoms with van der Waals surface area (Å²) in [4.78, 5) is 25.2. The maximum absolute atomic E-state index is 12.4. The average molecular weight is 272 g/mol. The van der Waals surface area contributed by atoms with E-state index in [1.165, 1.54) is 0 Å². The highest BCUT2D eigenvalue weighted by molar-refractivity contribution is 7.99. The molecule has 2 saturated heterocycles. The number of hydrogen-bond acceptors (Lipinski definition) is 4. The summed E-state index contributed by atoms with van der Waals surface area (Å²) in [6.07, 6.45) is 1.47. The molecule has 2 heterocycles. The van der Waals surface area contributed by atoms with E-state index in [2.05, 4.69) is 5.32 Å². The summed E-state index contributed by atoms with van der Waals surface area (Å²) >= 11 is 1.75. The van der Waals surface area contributed by atoms with Gasteiger partial charge in [-0.1, -0.05) is 6.92 Å². The predicted octanol–water partition coefficient (Wildman–Crippen LogP) is 0.403. The molecule has 18 heavy (non-hydrogen) atoms. The molecule has 102 valence electrons. The van der Waals surface area contributed by atoms with Gasteiger partial charge in [0.15, 0.2) is 0 Å². The van der Waals surface area contributed by atoms with Crippen LogP contribution < -0.4 is 5.32 Å². The first-order chi connectivity index (χ1) is 8.59. The van der Waals surface area contributed by atoms with Crippen molar-refractivity contribution in [3.8, 4) is 0 Å². The molecule has 2 rings (SSSR count). The molecule has 0 radical (unpaired) electrons. The van der Waals surface area contributed by atoms with E-state index in [-0.39, 0.29) is 11.9 Å². The van der Waals surface area contributed by atoms with Crippen LogP contribution in [0, 0.1) is 5.92 Å². The second-order valence-corrected chi connectivity index (χ2v) is 6.25. The maximum Gasteiger partial charge on any atom is 0.326 e. The number of amides is 1. The lowest BCUT2D eigenvalue weighted by atomic mass is 9.92. The molecule has 2 fully saturated rings. The van der Waals surface area contributed by atoms with Gasteiger partial charge in [0.25, 0.3) is 0 Å². The van der Waals surface area contributed by atoms with Crippen LogP contribution in [0.3, 0.4) is 0 Å². The lowest BCUT2D eigenvalue weighted by Crippen LogP contribution is -2.57. The minimum absolute atomic E-state index is 0.0403. The number of hydrogen-bond donors (Lipinski definition) is 2. The van der Waals surface area contributed by atoms with Crippen LogP contribution in [0.25, 0.3) is 0 Å². The highest BCUT2D eigenvalue weighted by atomic mass is 32.2. The Balaban J connectivity index is 2.04. The van der Waals surface area contributed by atoms with E-state index in [9.17, 15) is 14.7 Å². The number of carboxylic acid groups (broad SMARTS) is 1. The molecule has 6 heteroatoms. The standard InChI is InChI=1S/C12H20N2O3S/c1-8-2-4-14(10(6-8)12(16)17)11(15)9-7-18-5-3-13-9/h8-10,13H,2-7H2,1H3,(H,16,17). The van der Waals surface area contributed by atoms with Crippen molar-refractivity contribution in [2.24, 2.45) is 5.92 Å². The van der Waals surface area contributed by atoms with Gasteiger partial charge >= 0.3 is 5.97 Å². The molecule has 5 nitrogen and oxygen atoms in total. The second kappa shape index (κ2) is 5.93. The molecule has 0 aromatic carbocycles. The van der Waals surface area contributed by atoms with E-state index >= 15 is 0 Å². The molecule has 0 aliphatic carbocycles. The van der Waals surface area contributed by atoms with Crippen LogP contribution in [0.2, 0.25) is 0 Å². The summed E-state index contributed by atoms with van der Waals surface area (Å²) in [6, 6.07) is -0.853. The first kappa shape index (κ1) is 13.7. The van der Waals surface area contributed by atoms with Gasteiger partial charge in [-0.2, -0.15) is 11.8 Å². The van der Waals surface area contributed by atoms with Gasteiger partial charge < -0.3 is 15.3 Å². The molecule has 2 N–H and O–H groups in total. The van der Waals surface area contributed by atoms with Crippen molar-refractivity contribution < 1.29 is 14.7 Å². The number of likely N-dealkylation sites (tertiary alicyclic amines) is 1. The molecule has 3 atom stereocenters. The van der Waals surface area contributed by atoms with Crippen molar-refractivity contribution in [3.63, 3.8) is 0 Å². The first-order valence-corrected chi connectivity index (χ1v) is 7.59. The Bertz CT molecular complexity index is 331. The van der Waals surface area contributed by atoms with Crippen molar-refractivity contribution in [3.05, 3.63) is 0 Å². The SMILES string of the molecule is CC1CCN(C(=O)C2CSCCN2)C(C(=O)O)C1. The van der Waals surface area contributed by atoms with E-state index in [4.69, 9.17) is 0 Å². The van der Waals surface area contributed by atoms with Gasteiger partial charge in [0.1, 0.15) is 6.04 Å². The van der Waals surface area contributed by atoms with Gasteiger partial charge in [-0.25, -0.2) is 4.79 Å². The van der Waals surface area contributed by atoms with Crippen molar-refractivity contribution in [2.75, 3.05) is 24.6 Å². The average Bonchev–Trinajstić information content (AvgIpc) is 2.39. The fraction of sp³-hybridized carbons (Fsp3) is 0.833. The summed E-state index contributed by atoms with van der Waals surface area (Å²) in [6.45, 7) is 3.44. The highest BCUT2D eigenvalue weighted by Gasteiger charge is 2.37. The zero-order valence-electron chi connectivity index (χ0n) is 10.6. The Kier molecular flexibility index (Phi) is 4.50. The third-order valence-electron chi connectivity index (χ3n) is 3.65. The van der Waals surface area contributed by atoms with Crippen LogP contribution in [0.4, 0.5) is 0 Å². The summed E-state index contributed by atoms with van der Waals surface area (Å²) in [5.74, 6) is 1.23. The molecule has 0 saturated carbocycles. The van der Waals surface area contributed by atoms with E-state index in [0.717, 1.165) is 24.5 Å². The van der Waals surface area contributed by atoms with Crippen LogP contribution in [-0.4, -0.2) is 58.6 Å². The number of nitrogens with one attached hydrogen (secondary N) is 1. The molecule has 0 bridgehead atoms. The number of carbonyl (C=O) groups excluding carboxylic acids is 1. The highest BCUT2D eigenvalue weighted by Crippen LogP contribution is 2.24. The summed E-state index contributed by atoms with van der Waals surface area (Å²) < 4.78 is 0. The van der Waals surface area contributed by atoms with Gasteiger partial charge in [-0.05, 0) is 18.8 Å². The fourth-order valence-corrected chi connectivity index (χ4v) is 3.49. The molecule has 0 spiro atoms. The van der Waals surface area contributed by atoms with Crippen LogP contribution >= 0.6 is 11.8 Å². The summed E-state index contributed by atoms with van der Waals surface area (Å²) in [5, 5.41) is 12.4. The Morgan fingerprint density at radius 3 is 2.83 bits per heavy atom. The molecular weight excluding hydrogens is 252 g/mol. The topological polar surface area (TPSA) is 69.6 Å². The number of thioether (sulfide) groups is 1. The predicted molar refractivity (Wildman–Crippen MR) is 70.7 cm³/mol. The van der Waals surface area contributed by atoms with Gasteiger partial charge in [-0.15, -0.1) is 0 Å². The van der Waals surface area contributed by atoms with Gasteiger partial charge in [0, 0.05) is 24.6 Å². The summed E-state index contributed by atoms with van der Waals surface area (Å²) in [7, 11) is 0. The maximum atomic E-state index is 12.4. The molecule has 1 amide bonds. The third-order valence-corrected chi connectivity index (χ3v) is 4.71. The Morgan fingerprint density at radius 1 is 1.44 bits per heavy atom. The van der Waals surface area contributed by atoms with Crippen molar-refractivity contribution in [1.29, 1.82) is 0 Å². The largest absolute Gasteiger partial charge is 0.480 e. The Morgan fingerprint density at radius 2 is 2.22 bits per heavy atom. The van der Waals surface area contributed by atoms with Crippen LogP contribution in [0.5, 0.6) is 0 Å². The number of piperidine rings is 1. The molecule has 2 aliphatic heterocycles. The lowest BCUT2D eigenvalue weighted by molar-refractivity contribution is -0.153. The minimum Gasteiger partial charge on any atom is -0.480 e. The molecule has 0 aromatic heterocycles. The smallest absolute Gasteiger partial charge is 0.326 e. The third kappa shape index (κ3) is 2.98. The number of aliphatic carboxylic acids is 1. The van der Waals surface area contributed by atoms with Gasteiger partial charge in [0.05, 0.1) is 6.04 Å². The fourth-order valence-electron chi connectivity index (χ4n) is 2.56. The zero-order valence-corrected chi connectivity index (χ0v) is 11.4. The van der Waals surface area contributed by atoms with Crippen LogP contribution in [-0.2, 0) is 9.59 Å². The molecule has 3 unspecified atom stereocenters. The normalized spacial score (nSPS) is 33.2. The number of nitrogens with zero attached hydrogens (tertiary/aromatic N) is 1. The number of carbonyl (C=O) groups is 2. The lowest BCUT2D eigenvalue weighted by Gasteiger charge is -2.38. The first-order valence-electron chi connectivity index (χ1n) is 6.44. The van der Waals surface area contributed by atoms with Gasteiger partial charge in [0.2, 0.25) is 5.91 Å². The van der Waals surface area contributed by atoms with E-state index < -0.39 is 12.0 Å². The van der Waals surface area contributed by atoms with Crippen molar-refractivity contribution in [2.45, 2.75) is 31.8 Å². The number of rotatable bonds is 2. The van der Waals surface area contributed by atoms with Crippen LogP contribution in [0.15, 0.2) is 0 Å². The van der Waals surface area contributed by atoms with Crippen molar-refractivity contribution in [1.82, 2.24) is 10.2 Å². The monoisotopic (exact) mass is 272 g/mol. The van der Waals surface area contributed by atoms with E-state index in [1.54, 1.807) is 16.7 Å². The van der Waals surface area contributed by atoms with E-state index in [0.29, 0.717) is 18.9 Å². The second-order valence-electron chi connectivity index (χ2n) is 5.10.